The van der Waals surface area contributed by atoms with Gasteiger partial charge in [-0.25, -0.2) is 0 Å². The molecule has 152 valence electrons. The van der Waals surface area contributed by atoms with Crippen LogP contribution >= 0.6 is 0 Å². The summed E-state index contributed by atoms with van der Waals surface area (Å²) in [6.45, 7) is 2.04. The van der Waals surface area contributed by atoms with Crippen molar-refractivity contribution in [1.82, 2.24) is 10.2 Å². The van der Waals surface area contributed by atoms with Gasteiger partial charge in [-0.3, -0.25) is 14.4 Å². The molecule has 1 N–H and O–H groups in total. The number of Topliss-reactive ketones (excluding diaryl/α,β-unsaturated/α-hetero) is 1. The number of hydrogen-bond acceptors (Lipinski definition) is 4. The van der Waals surface area contributed by atoms with Gasteiger partial charge in [-0.05, 0) is 12.0 Å². The first-order valence-electron chi connectivity index (χ1n) is 9.94. The van der Waals surface area contributed by atoms with Crippen molar-refractivity contribution >= 4 is 17.6 Å². The number of morpholine rings is 1. The van der Waals surface area contributed by atoms with Gasteiger partial charge in [0.05, 0.1) is 13.2 Å². The Morgan fingerprint density at radius 2 is 1.52 bits per heavy atom. The number of carbonyl (C=O) groups is 3. The number of carbonyl (C=O) groups excluding carboxylic acids is 3. The van der Waals surface area contributed by atoms with E-state index < -0.39 is 6.04 Å². The molecule has 1 saturated heterocycles. The smallest absolute Gasteiger partial charge is 0.249 e. The number of nitrogens with one attached hydrogen (secondary N) is 1. The molecule has 0 saturated carbocycles. The van der Waals surface area contributed by atoms with E-state index >= 15 is 0 Å². The standard InChI is InChI=1S/C23H26N2O4/c26-20(18-8-3-1-4-9-18)12-7-13-21(27)24-22(19-10-5-2-6-11-19)23(28)25-14-16-29-17-15-25/h1-6,8-11,22H,7,12-17H2,(H,24,27)/t22-/m0/s1. The molecular formula is C23H26N2O4. The molecule has 0 bridgehead atoms. The molecule has 0 unspecified atom stereocenters. The van der Waals surface area contributed by atoms with E-state index in [-0.39, 0.29) is 24.0 Å². The maximum absolute atomic E-state index is 13.0. The molecule has 1 aliphatic heterocycles. The Labute approximate surface area is 170 Å². The minimum absolute atomic E-state index is 0.0161. The van der Waals surface area contributed by atoms with Crippen LogP contribution in [0, 0.1) is 0 Å². The monoisotopic (exact) mass is 394 g/mol. The normalized spacial score (nSPS) is 14.8. The van der Waals surface area contributed by atoms with Crippen LogP contribution in [-0.4, -0.2) is 48.8 Å². The summed E-state index contributed by atoms with van der Waals surface area (Å²) in [4.78, 5) is 39.4. The van der Waals surface area contributed by atoms with Gasteiger partial charge in [0.1, 0.15) is 6.04 Å². The van der Waals surface area contributed by atoms with Crippen LogP contribution in [0.2, 0.25) is 0 Å². The summed E-state index contributed by atoms with van der Waals surface area (Å²) in [5.74, 6) is -0.350. The zero-order chi connectivity index (χ0) is 20.5. The Kier molecular flexibility index (Phi) is 7.53. The Bertz CT molecular complexity index is 817. The van der Waals surface area contributed by atoms with E-state index in [1.54, 1.807) is 17.0 Å². The van der Waals surface area contributed by atoms with Gasteiger partial charge in [-0.1, -0.05) is 60.7 Å². The van der Waals surface area contributed by atoms with Gasteiger partial charge in [0.15, 0.2) is 5.78 Å². The fourth-order valence-corrected chi connectivity index (χ4v) is 3.31. The third-order valence-electron chi connectivity index (χ3n) is 4.91. The number of benzene rings is 2. The first kappa shape index (κ1) is 20.7. The van der Waals surface area contributed by atoms with Crippen LogP contribution in [-0.2, 0) is 14.3 Å². The van der Waals surface area contributed by atoms with Crippen LogP contribution in [0.5, 0.6) is 0 Å². The first-order chi connectivity index (χ1) is 14.1. The molecule has 3 rings (SSSR count). The maximum atomic E-state index is 13.0. The van der Waals surface area contributed by atoms with Crippen LogP contribution in [0.4, 0.5) is 0 Å². The molecule has 1 heterocycles. The predicted octanol–water partition coefficient (Wildman–Crippen LogP) is 2.76. The lowest BCUT2D eigenvalue weighted by Crippen LogP contribution is -2.47. The summed E-state index contributed by atoms with van der Waals surface area (Å²) in [5.41, 5.74) is 1.40. The summed E-state index contributed by atoms with van der Waals surface area (Å²) < 4.78 is 5.32. The second-order valence-electron chi connectivity index (χ2n) is 6.99. The van der Waals surface area contributed by atoms with E-state index in [0.29, 0.717) is 44.7 Å². The average Bonchev–Trinajstić information content (AvgIpc) is 2.78. The highest BCUT2D eigenvalue weighted by atomic mass is 16.5. The van der Waals surface area contributed by atoms with Crippen LogP contribution in [0.25, 0.3) is 0 Å². The van der Waals surface area contributed by atoms with Crippen molar-refractivity contribution in [3.8, 4) is 0 Å². The van der Waals surface area contributed by atoms with Gasteiger partial charge in [-0.2, -0.15) is 0 Å². The topological polar surface area (TPSA) is 75.7 Å². The van der Waals surface area contributed by atoms with Gasteiger partial charge in [-0.15, -0.1) is 0 Å². The van der Waals surface area contributed by atoms with Crippen LogP contribution < -0.4 is 5.32 Å². The largest absolute Gasteiger partial charge is 0.378 e. The number of amides is 2. The lowest BCUT2D eigenvalue weighted by molar-refractivity contribution is -0.140. The Hall–Kier alpha value is -2.99. The SMILES string of the molecule is O=C(CCCC(=O)c1ccccc1)N[C@H](C(=O)N1CCOCC1)c1ccccc1. The molecule has 0 spiro atoms. The molecule has 0 aliphatic carbocycles. The van der Waals surface area contributed by atoms with Crippen molar-refractivity contribution in [3.05, 3.63) is 71.8 Å². The molecule has 1 aliphatic rings. The Morgan fingerprint density at radius 1 is 0.897 bits per heavy atom. The second-order valence-corrected chi connectivity index (χ2v) is 6.99. The summed E-state index contributed by atoms with van der Waals surface area (Å²) in [5, 5.41) is 2.86. The lowest BCUT2D eigenvalue weighted by atomic mass is 10.0. The number of ketones is 1. The predicted molar refractivity (Wildman–Crippen MR) is 109 cm³/mol. The second kappa shape index (κ2) is 10.5. The molecular weight excluding hydrogens is 368 g/mol. The van der Waals surface area contributed by atoms with Crippen LogP contribution in [0.1, 0.15) is 41.2 Å². The van der Waals surface area contributed by atoms with Crippen molar-refractivity contribution in [1.29, 1.82) is 0 Å². The van der Waals surface area contributed by atoms with E-state index in [1.165, 1.54) is 0 Å². The van der Waals surface area contributed by atoms with E-state index in [2.05, 4.69) is 5.32 Å². The van der Waals surface area contributed by atoms with Gasteiger partial charge < -0.3 is 15.0 Å². The molecule has 0 radical (unpaired) electrons. The fourth-order valence-electron chi connectivity index (χ4n) is 3.31. The van der Waals surface area contributed by atoms with Crippen molar-refractivity contribution < 1.29 is 19.1 Å². The number of nitrogens with zero attached hydrogens (tertiary/aromatic N) is 1. The lowest BCUT2D eigenvalue weighted by Gasteiger charge is -2.31. The zero-order valence-corrected chi connectivity index (χ0v) is 16.4. The van der Waals surface area contributed by atoms with E-state index in [9.17, 15) is 14.4 Å². The number of ether oxygens (including phenoxy) is 1. The highest BCUT2D eigenvalue weighted by Gasteiger charge is 2.28. The third-order valence-corrected chi connectivity index (χ3v) is 4.91. The summed E-state index contributed by atoms with van der Waals surface area (Å²) >= 11 is 0. The summed E-state index contributed by atoms with van der Waals surface area (Å²) in [6.07, 6.45) is 0.927. The molecule has 29 heavy (non-hydrogen) atoms. The summed E-state index contributed by atoms with van der Waals surface area (Å²) in [7, 11) is 0. The van der Waals surface area contributed by atoms with E-state index in [1.807, 2.05) is 48.5 Å². The minimum Gasteiger partial charge on any atom is -0.378 e. The van der Waals surface area contributed by atoms with Crippen LogP contribution in [0.3, 0.4) is 0 Å². The van der Waals surface area contributed by atoms with Gasteiger partial charge in [0, 0.05) is 31.5 Å². The first-order valence-corrected chi connectivity index (χ1v) is 9.94. The third kappa shape index (κ3) is 5.99. The van der Waals surface area contributed by atoms with Crippen LogP contribution in [0.15, 0.2) is 60.7 Å². The minimum atomic E-state index is -0.730. The fraction of sp³-hybridized carbons (Fsp3) is 0.348. The van der Waals surface area contributed by atoms with Crippen molar-refractivity contribution in [3.63, 3.8) is 0 Å². The maximum Gasteiger partial charge on any atom is 0.249 e. The van der Waals surface area contributed by atoms with Gasteiger partial charge >= 0.3 is 0 Å². The quantitative estimate of drug-likeness (QED) is 0.699. The van der Waals surface area contributed by atoms with Crippen molar-refractivity contribution in [2.45, 2.75) is 25.3 Å². The van der Waals surface area contributed by atoms with E-state index in [4.69, 9.17) is 4.74 Å². The average molecular weight is 394 g/mol. The number of rotatable bonds is 8. The number of hydrogen-bond donors (Lipinski definition) is 1. The van der Waals surface area contributed by atoms with Gasteiger partial charge in [0.25, 0.3) is 0 Å². The molecule has 2 aromatic carbocycles. The zero-order valence-electron chi connectivity index (χ0n) is 16.4. The van der Waals surface area contributed by atoms with Crippen molar-refractivity contribution in [2.75, 3.05) is 26.3 Å². The highest BCUT2D eigenvalue weighted by molar-refractivity contribution is 5.96. The molecule has 6 heteroatoms. The molecule has 2 aromatic rings. The summed E-state index contributed by atoms with van der Waals surface area (Å²) in [6, 6.07) is 17.6. The molecule has 1 atom stereocenters. The molecule has 0 aromatic heterocycles. The molecule has 2 amide bonds. The Morgan fingerprint density at radius 3 is 2.17 bits per heavy atom. The highest BCUT2D eigenvalue weighted by Crippen LogP contribution is 2.17. The molecule has 6 nitrogen and oxygen atoms in total. The van der Waals surface area contributed by atoms with E-state index in [0.717, 1.165) is 5.56 Å². The van der Waals surface area contributed by atoms with Crippen molar-refractivity contribution in [2.24, 2.45) is 0 Å². The van der Waals surface area contributed by atoms with Gasteiger partial charge in [0.2, 0.25) is 11.8 Å². The Balaban J connectivity index is 1.57. The molecule has 1 fully saturated rings.